The molecule has 0 bridgehead atoms. The molecule has 3 heterocycles. The minimum Gasteiger partial charge on any atom is -0.328 e. The van der Waals surface area contributed by atoms with E-state index < -0.39 is 21.9 Å². The molecule has 0 saturated heterocycles. The summed E-state index contributed by atoms with van der Waals surface area (Å²) < 4.78 is 71.6. The number of anilines is 1. The Balaban J connectivity index is 1.66. The standard InChI is InChI=1S/C32H32F3N7O2S/c1-19(2)40-18-27(32(33,34)35)39-31(40)23-13-11-22(12-14-23)17-41(45(6,43)44)30-24-9-7-8-10-26(24)38-28(25(30)15-36)29-21(5)16-37-42(29)20(3)4/h7-14,16,18-20H,17H2,1-6H3. The number of halogens is 3. The number of fused-ring (bicyclic) bond motifs is 1. The lowest BCUT2D eigenvalue weighted by atomic mass is 10.0. The van der Waals surface area contributed by atoms with E-state index in [1.165, 1.54) is 8.87 Å². The maximum Gasteiger partial charge on any atom is 0.434 e. The van der Waals surface area contributed by atoms with Crippen LogP contribution in [0.3, 0.4) is 0 Å². The zero-order valence-electron chi connectivity index (χ0n) is 25.6. The van der Waals surface area contributed by atoms with Crippen LogP contribution in [0, 0.1) is 18.3 Å². The number of imidazole rings is 1. The number of pyridine rings is 1. The number of benzene rings is 2. The van der Waals surface area contributed by atoms with Crippen LogP contribution in [0.2, 0.25) is 0 Å². The first-order valence-electron chi connectivity index (χ1n) is 14.2. The van der Waals surface area contributed by atoms with Crippen LogP contribution in [-0.4, -0.2) is 39.0 Å². The van der Waals surface area contributed by atoms with Gasteiger partial charge in [0.2, 0.25) is 10.0 Å². The van der Waals surface area contributed by atoms with Gasteiger partial charge in [-0.3, -0.25) is 8.99 Å². The molecule has 0 amide bonds. The quantitative estimate of drug-likeness (QED) is 0.177. The summed E-state index contributed by atoms with van der Waals surface area (Å²) in [4.78, 5) is 8.67. The van der Waals surface area contributed by atoms with Crippen molar-refractivity contribution < 1.29 is 21.6 Å². The van der Waals surface area contributed by atoms with Crippen molar-refractivity contribution in [3.8, 4) is 28.8 Å². The van der Waals surface area contributed by atoms with E-state index in [2.05, 4.69) is 16.2 Å². The van der Waals surface area contributed by atoms with Crippen LogP contribution in [0.15, 0.2) is 60.9 Å². The fourth-order valence-corrected chi connectivity index (χ4v) is 6.20. The second kappa shape index (κ2) is 11.7. The molecule has 0 unspecified atom stereocenters. The lowest BCUT2D eigenvalue weighted by molar-refractivity contribution is -0.140. The molecule has 0 saturated carbocycles. The van der Waals surface area contributed by atoms with Gasteiger partial charge in [0.15, 0.2) is 5.69 Å². The number of hydrogen-bond donors (Lipinski definition) is 0. The van der Waals surface area contributed by atoms with Gasteiger partial charge < -0.3 is 4.57 Å². The molecule has 0 N–H and O–H groups in total. The zero-order valence-corrected chi connectivity index (χ0v) is 26.4. The molecular formula is C32H32F3N7O2S. The summed E-state index contributed by atoms with van der Waals surface area (Å²) in [5.74, 6) is 0.150. The first-order valence-corrected chi connectivity index (χ1v) is 16.1. The van der Waals surface area contributed by atoms with Crippen molar-refractivity contribution >= 4 is 26.6 Å². The zero-order chi connectivity index (χ0) is 32.8. The highest BCUT2D eigenvalue weighted by molar-refractivity contribution is 7.92. The molecule has 0 aliphatic heterocycles. The Kier molecular flexibility index (Phi) is 8.22. The van der Waals surface area contributed by atoms with Gasteiger partial charge in [-0.25, -0.2) is 18.4 Å². The Morgan fingerprint density at radius 2 is 1.67 bits per heavy atom. The fourth-order valence-electron chi connectivity index (χ4n) is 5.29. The second-order valence-corrected chi connectivity index (χ2v) is 13.3. The van der Waals surface area contributed by atoms with E-state index >= 15 is 0 Å². The predicted molar refractivity (Wildman–Crippen MR) is 167 cm³/mol. The van der Waals surface area contributed by atoms with E-state index in [-0.39, 0.29) is 35.7 Å². The van der Waals surface area contributed by atoms with E-state index in [0.717, 1.165) is 18.0 Å². The molecule has 13 heteroatoms. The van der Waals surface area contributed by atoms with Gasteiger partial charge in [-0.15, -0.1) is 0 Å². The molecule has 45 heavy (non-hydrogen) atoms. The summed E-state index contributed by atoms with van der Waals surface area (Å²) in [7, 11) is -3.97. The Bertz CT molecular complexity index is 2040. The topological polar surface area (TPSA) is 110 Å². The summed E-state index contributed by atoms with van der Waals surface area (Å²) in [5.41, 5.74) is 2.50. The van der Waals surface area contributed by atoms with Crippen LogP contribution >= 0.6 is 0 Å². The van der Waals surface area contributed by atoms with E-state index in [0.29, 0.717) is 33.4 Å². The van der Waals surface area contributed by atoms with Crippen molar-refractivity contribution in [2.45, 2.75) is 59.4 Å². The molecule has 5 aromatic rings. The van der Waals surface area contributed by atoms with Gasteiger partial charge in [0.25, 0.3) is 0 Å². The Morgan fingerprint density at radius 1 is 1.00 bits per heavy atom. The van der Waals surface area contributed by atoms with E-state index in [9.17, 15) is 26.9 Å². The highest BCUT2D eigenvalue weighted by atomic mass is 32.2. The molecule has 0 spiro atoms. The van der Waals surface area contributed by atoms with Crippen molar-refractivity contribution in [1.29, 1.82) is 5.26 Å². The highest BCUT2D eigenvalue weighted by Crippen LogP contribution is 2.39. The monoisotopic (exact) mass is 635 g/mol. The average Bonchev–Trinajstić information content (AvgIpc) is 3.59. The van der Waals surface area contributed by atoms with Gasteiger partial charge in [-0.05, 0) is 51.8 Å². The first kappa shape index (κ1) is 31.7. The average molecular weight is 636 g/mol. The van der Waals surface area contributed by atoms with Crippen LogP contribution in [0.5, 0.6) is 0 Å². The van der Waals surface area contributed by atoms with Crippen molar-refractivity contribution in [1.82, 2.24) is 24.3 Å². The summed E-state index contributed by atoms with van der Waals surface area (Å²) in [6, 6.07) is 15.4. The SMILES string of the molecule is Cc1cnn(C(C)C)c1-c1nc2ccccc2c(N(Cc2ccc(-c3nc(C(F)(F)F)cn3C(C)C)cc2)S(C)(=O)=O)c1C#N. The van der Waals surface area contributed by atoms with E-state index in [4.69, 9.17) is 4.98 Å². The van der Waals surface area contributed by atoms with Crippen molar-refractivity contribution in [2.24, 2.45) is 0 Å². The van der Waals surface area contributed by atoms with Crippen LogP contribution < -0.4 is 4.31 Å². The van der Waals surface area contributed by atoms with E-state index in [1.54, 1.807) is 73.3 Å². The fraction of sp³-hybridized carbons (Fsp3) is 0.312. The third-order valence-corrected chi connectivity index (χ3v) is 8.55. The normalized spacial score (nSPS) is 12.3. The summed E-state index contributed by atoms with van der Waals surface area (Å²) in [6.07, 6.45) is -0.854. The number of aryl methyl sites for hydroxylation is 1. The van der Waals surface area contributed by atoms with Crippen molar-refractivity contribution in [3.63, 3.8) is 0 Å². The molecule has 2 aromatic carbocycles. The van der Waals surface area contributed by atoms with Gasteiger partial charge in [0, 0.05) is 29.2 Å². The number of nitrogens with zero attached hydrogens (tertiary/aromatic N) is 7. The molecule has 0 aliphatic rings. The minimum absolute atomic E-state index is 0.0556. The molecule has 0 radical (unpaired) electrons. The summed E-state index contributed by atoms with van der Waals surface area (Å²) in [6.45, 7) is 9.15. The van der Waals surface area contributed by atoms with Crippen LogP contribution in [0.4, 0.5) is 18.9 Å². The molecule has 9 nitrogen and oxygen atoms in total. The Hall–Kier alpha value is -4.70. The number of aromatic nitrogens is 5. The lowest BCUT2D eigenvalue weighted by Gasteiger charge is -2.26. The second-order valence-electron chi connectivity index (χ2n) is 11.4. The van der Waals surface area contributed by atoms with E-state index in [1.807, 2.05) is 20.8 Å². The number of sulfonamides is 1. The highest BCUT2D eigenvalue weighted by Gasteiger charge is 2.35. The van der Waals surface area contributed by atoms with Gasteiger partial charge in [0.05, 0.1) is 35.9 Å². The Morgan fingerprint density at radius 3 is 2.24 bits per heavy atom. The smallest absolute Gasteiger partial charge is 0.328 e. The molecule has 0 fully saturated rings. The van der Waals surface area contributed by atoms with Crippen molar-refractivity contribution in [2.75, 3.05) is 10.6 Å². The van der Waals surface area contributed by atoms with Gasteiger partial charge >= 0.3 is 6.18 Å². The van der Waals surface area contributed by atoms with Crippen LogP contribution in [-0.2, 0) is 22.7 Å². The maximum absolute atomic E-state index is 13.5. The summed E-state index contributed by atoms with van der Waals surface area (Å²) >= 11 is 0. The summed E-state index contributed by atoms with van der Waals surface area (Å²) in [5, 5.41) is 15.5. The van der Waals surface area contributed by atoms with Crippen LogP contribution in [0.25, 0.3) is 33.7 Å². The number of hydrogen-bond acceptors (Lipinski definition) is 6. The molecule has 5 rings (SSSR count). The molecule has 3 aromatic heterocycles. The number of para-hydroxylation sites is 1. The first-order chi connectivity index (χ1) is 21.1. The number of alkyl halides is 3. The van der Waals surface area contributed by atoms with Gasteiger partial charge in [-0.1, -0.05) is 42.5 Å². The molecule has 0 atom stereocenters. The van der Waals surface area contributed by atoms with Gasteiger partial charge in [-0.2, -0.15) is 23.5 Å². The minimum atomic E-state index is -4.60. The third kappa shape index (κ3) is 6.02. The number of rotatable bonds is 8. The maximum atomic E-state index is 13.5. The van der Waals surface area contributed by atoms with Crippen molar-refractivity contribution in [3.05, 3.63) is 83.3 Å². The van der Waals surface area contributed by atoms with Gasteiger partial charge in [0.1, 0.15) is 23.2 Å². The largest absolute Gasteiger partial charge is 0.434 e. The predicted octanol–water partition coefficient (Wildman–Crippen LogP) is 7.29. The Labute approximate surface area is 259 Å². The third-order valence-electron chi connectivity index (χ3n) is 7.44. The van der Waals surface area contributed by atoms with Crippen LogP contribution in [0.1, 0.15) is 62.2 Å². The molecular weight excluding hydrogens is 603 g/mol. The lowest BCUT2D eigenvalue weighted by Crippen LogP contribution is -2.30. The molecule has 0 aliphatic carbocycles. The number of nitriles is 1. The molecule has 234 valence electrons.